The Morgan fingerprint density at radius 2 is 2.32 bits per heavy atom. The van der Waals surface area contributed by atoms with E-state index in [9.17, 15) is 4.79 Å². The summed E-state index contributed by atoms with van der Waals surface area (Å²) in [5.74, 6) is 0.844. The Hall–Kier alpha value is -1.76. The molecule has 1 amide bonds. The van der Waals surface area contributed by atoms with Crippen molar-refractivity contribution in [3.8, 4) is 0 Å². The summed E-state index contributed by atoms with van der Waals surface area (Å²) < 4.78 is 6.00. The first-order valence-electron chi connectivity index (χ1n) is 8.76. The van der Waals surface area contributed by atoms with Gasteiger partial charge in [0, 0.05) is 60.2 Å². The molecule has 0 aliphatic carbocycles. The summed E-state index contributed by atoms with van der Waals surface area (Å²) in [6.07, 6.45) is 3.58. The lowest BCUT2D eigenvalue weighted by Crippen LogP contribution is -2.34. The van der Waals surface area contributed by atoms with Crippen molar-refractivity contribution in [3.05, 3.63) is 52.0 Å². The van der Waals surface area contributed by atoms with Gasteiger partial charge in [-0.3, -0.25) is 14.7 Å². The molecule has 4 heterocycles. The van der Waals surface area contributed by atoms with E-state index in [0.717, 1.165) is 26.2 Å². The molecule has 6 heteroatoms. The van der Waals surface area contributed by atoms with Crippen LogP contribution in [0.15, 0.2) is 36.7 Å². The van der Waals surface area contributed by atoms with E-state index in [4.69, 9.17) is 4.74 Å². The average Bonchev–Trinajstić information content (AvgIpc) is 3.30. The average molecular weight is 357 g/mol. The fourth-order valence-corrected chi connectivity index (χ4v) is 4.77. The SMILES string of the molecule is Cc1ccc(CN2C[C@@H]3[C@@H](CNC(=O)c4cccnc4)CO[C@@H]3C2)s1. The number of hydrogen-bond donors (Lipinski definition) is 1. The van der Waals surface area contributed by atoms with E-state index >= 15 is 0 Å². The predicted molar refractivity (Wildman–Crippen MR) is 97.6 cm³/mol. The van der Waals surface area contributed by atoms with Crippen molar-refractivity contribution in [2.24, 2.45) is 11.8 Å². The molecule has 0 spiro atoms. The number of aromatic nitrogens is 1. The largest absolute Gasteiger partial charge is 0.376 e. The van der Waals surface area contributed by atoms with Crippen molar-refractivity contribution in [2.45, 2.75) is 19.6 Å². The zero-order chi connectivity index (χ0) is 17.2. The number of rotatable bonds is 5. The van der Waals surface area contributed by atoms with Gasteiger partial charge in [0.25, 0.3) is 5.91 Å². The van der Waals surface area contributed by atoms with Crippen LogP contribution in [0.1, 0.15) is 20.1 Å². The minimum Gasteiger partial charge on any atom is -0.376 e. The van der Waals surface area contributed by atoms with Crippen LogP contribution >= 0.6 is 11.3 Å². The van der Waals surface area contributed by atoms with Crippen molar-refractivity contribution >= 4 is 17.2 Å². The lowest BCUT2D eigenvalue weighted by atomic mass is 9.93. The number of fused-ring (bicyclic) bond motifs is 1. The minimum atomic E-state index is -0.0551. The summed E-state index contributed by atoms with van der Waals surface area (Å²) in [6, 6.07) is 7.98. The zero-order valence-corrected chi connectivity index (χ0v) is 15.2. The first-order chi connectivity index (χ1) is 12.2. The van der Waals surface area contributed by atoms with Crippen LogP contribution in [0.5, 0.6) is 0 Å². The second kappa shape index (κ2) is 7.23. The standard InChI is InChI=1S/C19H23N3O2S/c1-13-4-5-16(25-13)9-22-10-17-15(12-24-18(17)11-22)8-21-19(23)14-3-2-6-20-7-14/h2-7,15,17-18H,8-12H2,1H3,(H,21,23)/t15-,17+,18+/m0/s1. The molecule has 2 aliphatic heterocycles. The molecule has 5 nitrogen and oxygen atoms in total. The smallest absolute Gasteiger partial charge is 0.252 e. The van der Waals surface area contributed by atoms with Gasteiger partial charge in [0.2, 0.25) is 0 Å². The number of nitrogens with zero attached hydrogens (tertiary/aromatic N) is 2. The summed E-state index contributed by atoms with van der Waals surface area (Å²) in [4.78, 5) is 21.5. The maximum atomic E-state index is 12.2. The zero-order valence-electron chi connectivity index (χ0n) is 14.4. The number of thiophene rings is 1. The second-order valence-electron chi connectivity index (χ2n) is 6.95. The molecule has 2 saturated heterocycles. The van der Waals surface area contributed by atoms with Gasteiger partial charge in [0.1, 0.15) is 0 Å². The third kappa shape index (κ3) is 3.76. The molecule has 2 fully saturated rings. The molecule has 2 aliphatic rings. The molecule has 0 bridgehead atoms. The van der Waals surface area contributed by atoms with Crippen LogP contribution in [0.4, 0.5) is 0 Å². The number of likely N-dealkylation sites (tertiary alicyclic amines) is 1. The molecule has 0 unspecified atom stereocenters. The van der Waals surface area contributed by atoms with Crippen molar-refractivity contribution in [1.82, 2.24) is 15.2 Å². The highest BCUT2D eigenvalue weighted by atomic mass is 32.1. The number of nitrogens with one attached hydrogen (secondary N) is 1. The molecule has 2 aromatic rings. The van der Waals surface area contributed by atoms with Crippen LogP contribution in [-0.4, -0.2) is 48.1 Å². The number of aryl methyl sites for hydroxylation is 1. The number of carbonyl (C=O) groups is 1. The highest BCUT2D eigenvalue weighted by Crippen LogP contribution is 2.34. The van der Waals surface area contributed by atoms with Gasteiger partial charge in [0.05, 0.1) is 18.3 Å². The van der Waals surface area contributed by atoms with E-state index in [0.29, 0.717) is 30.0 Å². The summed E-state index contributed by atoms with van der Waals surface area (Å²) in [5.41, 5.74) is 0.610. The summed E-state index contributed by atoms with van der Waals surface area (Å²) in [7, 11) is 0. The van der Waals surface area contributed by atoms with Gasteiger partial charge in [-0.05, 0) is 31.2 Å². The van der Waals surface area contributed by atoms with E-state index in [2.05, 4.69) is 34.3 Å². The number of amides is 1. The Kier molecular flexibility index (Phi) is 4.83. The van der Waals surface area contributed by atoms with Crippen molar-refractivity contribution in [1.29, 1.82) is 0 Å². The molecule has 25 heavy (non-hydrogen) atoms. The van der Waals surface area contributed by atoms with E-state index in [1.165, 1.54) is 9.75 Å². The third-order valence-corrected chi connectivity index (χ3v) is 6.12. The quantitative estimate of drug-likeness (QED) is 0.892. The van der Waals surface area contributed by atoms with Gasteiger partial charge < -0.3 is 10.1 Å². The van der Waals surface area contributed by atoms with Gasteiger partial charge in [-0.2, -0.15) is 0 Å². The van der Waals surface area contributed by atoms with Crippen LogP contribution in [0.2, 0.25) is 0 Å². The van der Waals surface area contributed by atoms with Crippen LogP contribution in [0.3, 0.4) is 0 Å². The number of carbonyl (C=O) groups excluding carboxylic acids is 1. The van der Waals surface area contributed by atoms with Gasteiger partial charge >= 0.3 is 0 Å². The van der Waals surface area contributed by atoms with Crippen LogP contribution in [-0.2, 0) is 11.3 Å². The summed E-state index contributed by atoms with van der Waals surface area (Å²) in [6.45, 7) is 6.61. The van der Waals surface area contributed by atoms with Crippen LogP contribution in [0, 0.1) is 18.8 Å². The minimum absolute atomic E-state index is 0.0551. The first kappa shape index (κ1) is 16.7. The van der Waals surface area contributed by atoms with Crippen molar-refractivity contribution in [2.75, 3.05) is 26.2 Å². The molecule has 0 radical (unpaired) electrons. The molecule has 0 saturated carbocycles. The topological polar surface area (TPSA) is 54.5 Å². The highest BCUT2D eigenvalue weighted by molar-refractivity contribution is 7.11. The molecule has 1 N–H and O–H groups in total. The highest BCUT2D eigenvalue weighted by Gasteiger charge is 2.43. The van der Waals surface area contributed by atoms with E-state index in [1.807, 2.05) is 11.3 Å². The van der Waals surface area contributed by atoms with E-state index < -0.39 is 0 Å². The summed E-state index contributed by atoms with van der Waals surface area (Å²) >= 11 is 1.87. The Labute approximate surface area is 152 Å². The molecular formula is C19H23N3O2S. The van der Waals surface area contributed by atoms with Crippen LogP contribution in [0.25, 0.3) is 0 Å². The number of ether oxygens (including phenoxy) is 1. The Morgan fingerprint density at radius 3 is 3.08 bits per heavy atom. The molecule has 3 atom stereocenters. The second-order valence-corrected chi connectivity index (χ2v) is 8.33. The lowest BCUT2D eigenvalue weighted by Gasteiger charge is -2.19. The molecule has 0 aromatic carbocycles. The molecular weight excluding hydrogens is 334 g/mol. The number of hydrogen-bond acceptors (Lipinski definition) is 5. The fraction of sp³-hybridized carbons (Fsp3) is 0.474. The Balaban J connectivity index is 1.30. The van der Waals surface area contributed by atoms with Crippen molar-refractivity contribution in [3.63, 3.8) is 0 Å². The molecule has 2 aromatic heterocycles. The van der Waals surface area contributed by atoms with Gasteiger partial charge in [-0.25, -0.2) is 0 Å². The third-order valence-electron chi connectivity index (χ3n) is 5.14. The molecule has 4 rings (SSSR count). The van der Waals surface area contributed by atoms with Gasteiger partial charge in [-0.1, -0.05) is 0 Å². The van der Waals surface area contributed by atoms with Crippen molar-refractivity contribution < 1.29 is 9.53 Å². The summed E-state index contributed by atoms with van der Waals surface area (Å²) in [5, 5.41) is 3.05. The van der Waals surface area contributed by atoms with E-state index in [1.54, 1.807) is 24.5 Å². The van der Waals surface area contributed by atoms with E-state index in [-0.39, 0.29) is 5.91 Å². The number of pyridine rings is 1. The Bertz CT molecular complexity index is 733. The Morgan fingerprint density at radius 1 is 1.40 bits per heavy atom. The van der Waals surface area contributed by atoms with Crippen LogP contribution < -0.4 is 5.32 Å². The first-order valence-corrected chi connectivity index (χ1v) is 9.58. The maximum Gasteiger partial charge on any atom is 0.252 e. The maximum absolute atomic E-state index is 12.2. The fourth-order valence-electron chi connectivity index (χ4n) is 3.83. The van der Waals surface area contributed by atoms with Gasteiger partial charge in [-0.15, -0.1) is 11.3 Å². The van der Waals surface area contributed by atoms with Gasteiger partial charge in [0.15, 0.2) is 0 Å². The monoisotopic (exact) mass is 357 g/mol. The predicted octanol–water partition coefficient (Wildman–Crippen LogP) is 2.33. The normalized spacial score (nSPS) is 25.9. The lowest BCUT2D eigenvalue weighted by molar-refractivity contribution is 0.0904. The molecule has 132 valence electrons.